The Hall–Kier alpha value is -1.28. The van der Waals surface area contributed by atoms with Gasteiger partial charge in [0, 0.05) is 18.0 Å². The average Bonchev–Trinajstić information content (AvgIpc) is 2.34. The first kappa shape index (κ1) is 13.8. The number of halogens is 1. The van der Waals surface area contributed by atoms with Crippen LogP contribution in [0.15, 0.2) is 36.4 Å². The van der Waals surface area contributed by atoms with E-state index in [1.807, 2.05) is 36.4 Å². The Bertz CT molecular complexity index is 382. The van der Waals surface area contributed by atoms with Crippen LogP contribution < -0.4 is 5.32 Å². The molecule has 0 saturated heterocycles. The highest BCUT2D eigenvalue weighted by Gasteiger charge is 2.04. The summed E-state index contributed by atoms with van der Waals surface area (Å²) in [4.78, 5) is 11.7. The standard InChI is InChI=1S/C14H18ClNO/c1-11(2)12-5-7-13(8-6-12)14(17)16-10-4-3-9-15/h3-8,11H,9-10H2,1-2H3,(H,16,17)/b4-3+. The van der Waals surface area contributed by atoms with Crippen LogP contribution in [-0.2, 0) is 0 Å². The van der Waals surface area contributed by atoms with Gasteiger partial charge in [-0.2, -0.15) is 0 Å². The Morgan fingerprint density at radius 1 is 1.29 bits per heavy atom. The third kappa shape index (κ3) is 4.61. The highest BCUT2D eigenvalue weighted by molar-refractivity contribution is 6.18. The number of amides is 1. The predicted octanol–water partition coefficient (Wildman–Crippen LogP) is 3.33. The molecule has 0 unspecified atom stereocenters. The van der Waals surface area contributed by atoms with Gasteiger partial charge in [-0.25, -0.2) is 0 Å². The van der Waals surface area contributed by atoms with E-state index in [0.717, 1.165) is 0 Å². The Morgan fingerprint density at radius 3 is 2.47 bits per heavy atom. The second kappa shape index (κ2) is 7.13. The maximum atomic E-state index is 11.7. The van der Waals surface area contributed by atoms with Crippen molar-refractivity contribution in [2.45, 2.75) is 19.8 Å². The van der Waals surface area contributed by atoms with E-state index in [4.69, 9.17) is 11.6 Å². The van der Waals surface area contributed by atoms with Crippen molar-refractivity contribution < 1.29 is 4.79 Å². The summed E-state index contributed by atoms with van der Waals surface area (Å²) in [5.74, 6) is 0.900. The van der Waals surface area contributed by atoms with Gasteiger partial charge in [-0.1, -0.05) is 38.1 Å². The summed E-state index contributed by atoms with van der Waals surface area (Å²) < 4.78 is 0. The zero-order valence-electron chi connectivity index (χ0n) is 10.2. The van der Waals surface area contributed by atoms with E-state index in [9.17, 15) is 4.79 Å². The molecule has 0 fully saturated rings. The van der Waals surface area contributed by atoms with Crippen molar-refractivity contribution in [1.82, 2.24) is 5.32 Å². The lowest BCUT2D eigenvalue weighted by molar-refractivity contribution is 0.0958. The number of hydrogen-bond donors (Lipinski definition) is 1. The molecular weight excluding hydrogens is 234 g/mol. The lowest BCUT2D eigenvalue weighted by Crippen LogP contribution is -2.23. The van der Waals surface area contributed by atoms with E-state index in [2.05, 4.69) is 19.2 Å². The molecule has 0 heterocycles. The van der Waals surface area contributed by atoms with Gasteiger partial charge in [0.25, 0.3) is 5.91 Å². The fourth-order valence-electron chi connectivity index (χ4n) is 1.42. The van der Waals surface area contributed by atoms with Crippen molar-refractivity contribution in [2.24, 2.45) is 0 Å². The fourth-order valence-corrected chi connectivity index (χ4v) is 1.55. The molecule has 0 aromatic heterocycles. The molecule has 0 bridgehead atoms. The van der Waals surface area contributed by atoms with Gasteiger partial charge in [0.15, 0.2) is 0 Å². The van der Waals surface area contributed by atoms with Crippen molar-refractivity contribution >= 4 is 17.5 Å². The minimum Gasteiger partial charge on any atom is -0.349 e. The van der Waals surface area contributed by atoms with E-state index >= 15 is 0 Å². The highest BCUT2D eigenvalue weighted by atomic mass is 35.5. The van der Waals surface area contributed by atoms with Gasteiger partial charge in [0.1, 0.15) is 0 Å². The largest absolute Gasteiger partial charge is 0.349 e. The molecular formula is C14H18ClNO. The minimum absolute atomic E-state index is 0.0560. The number of carbonyl (C=O) groups is 1. The van der Waals surface area contributed by atoms with E-state index in [1.54, 1.807) is 0 Å². The van der Waals surface area contributed by atoms with Crippen molar-refractivity contribution in [3.8, 4) is 0 Å². The quantitative estimate of drug-likeness (QED) is 0.631. The molecule has 2 nitrogen and oxygen atoms in total. The molecule has 17 heavy (non-hydrogen) atoms. The molecule has 1 aromatic rings. The van der Waals surface area contributed by atoms with Crippen molar-refractivity contribution in [2.75, 3.05) is 12.4 Å². The molecule has 1 N–H and O–H groups in total. The first-order valence-corrected chi connectivity index (χ1v) is 6.27. The summed E-state index contributed by atoms with van der Waals surface area (Å²) in [6.07, 6.45) is 3.65. The summed E-state index contributed by atoms with van der Waals surface area (Å²) in [5, 5.41) is 2.80. The second-order valence-electron chi connectivity index (χ2n) is 4.11. The van der Waals surface area contributed by atoms with Gasteiger partial charge in [-0.15, -0.1) is 11.6 Å². The highest BCUT2D eigenvalue weighted by Crippen LogP contribution is 2.14. The van der Waals surface area contributed by atoms with Crippen molar-refractivity contribution in [3.05, 3.63) is 47.5 Å². The van der Waals surface area contributed by atoms with Gasteiger partial charge in [-0.05, 0) is 23.6 Å². The molecule has 1 amide bonds. The third-order valence-corrected chi connectivity index (χ3v) is 2.65. The predicted molar refractivity (Wildman–Crippen MR) is 72.7 cm³/mol. The monoisotopic (exact) mass is 251 g/mol. The first-order chi connectivity index (χ1) is 8.15. The van der Waals surface area contributed by atoms with Gasteiger partial charge in [0.2, 0.25) is 0 Å². The van der Waals surface area contributed by atoms with E-state index < -0.39 is 0 Å². The van der Waals surface area contributed by atoms with E-state index in [-0.39, 0.29) is 5.91 Å². The molecule has 0 spiro atoms. The van der Waals surface area contributed by atoms with Crippen LogP contribution in [-0.4, -0.2) is 18.3 Å². The van der Waals surface area contributed by atoms with E-state index in [0.29, 0.717) is 23.9 Å². The molecule has 1 aromatic carbocycles. The summed E-state index contributed by atoms with van der Waals surface area (Å²) >= 11 is 5.48. The second-order valence-corrected chi connectivity index (χ2v) is 4.42. The molecule has 0 aliphatic rings. The molecule has 0 radical (unpaired) electrons. The Morgan fingerprint density at radius 2 is 1.94 bits per heavy atom. The van der Waals surface area contributed by atoms with Crippen LogP contribution in [0.25, 0.3) is 0 Å². The van der Waals surface area contributed by atoms with Crippen LogP contribution >= 0.6 is 11.6 Å². The maximum absolute atomic E-state index is 11.7. The molecule has 0 aliphatic heterocycles. The smallest absolute Gasteiger partial charge is 0.251 e. The lowest BCUT2D eigenvalue weighted by atomic mass is 10.0. The Kier molecular flexibility index (Phi) is 5.78. The first-order valence-electron chi connectivity index (χ1n) is 5.74. The topological polar surface area (TPSA) is 29.1 Å². The summed E-state index contributed by atoms with van der Waals surface area (Å²) in [7, 11) is 0. The summed E-state index contributed by atoms with van der Waals surface area (Å²) in [6.45, 7) is 4.77. The minimum atomic E-state index is -0.0560. The van der Waals surface area contributed by atoms with Crippen LogP contribution in [0.4, 0.5) is 0 Å². The number of carbonyl (C=O) groups excluding carboxylic acids is 1. The number of allylic oxidation sites excluding steroid dienone is 1. The third-order valence-electron chi connectivity index (χ3n) is 2.48. The Balaban J connectivity index is 2.55. The normalized spacial score (nSPS) is 11.1. The summed E-state index contributed by atoms with van der Waals surface area (Å²) in [6, 6.07) is 7.70. The molecule has 0 atom stereocenters. The van der Waals surface area contributed by atoms with Crippen LogP contribution in [0.1, 0.15) is 35.7 Å². The number of alkyl halides is 1. The average molecular weight is 252 g/mol. The zero-order valence-corrected chi connectivity index (χ0v) is 11.0. The van der Waals surface area contributed by atoms with Crippen molar-refractivity contribution in [3.63, 3.8) is 0 Å². The SMILES string of the molecule is CC(C)c1ccc(C(=O)NC/C=C/CCl)cc1. The lowest BCUT2D eigenvalue weighted by Gasteiger charge is -2.06. The van der Waals surface area contributed by atoms with E-state index in [1.165, 1.54) is 5.56 Å². The number of benzene rings is 1. The van der Waals surface area contributed by atoms with Gasteiger partial charge < -0.3 is 5.32 Å². The summed E-state index contributed by atoms with van der Waals surface area (Å²) in [5.41, 5.74) is 1.93. The number of rotatable bonds is 5. The zero-order chi connectivity index (χ0) is 12.7. The molecule has 3 heteroatoms. The maximum Gasteiger partial charge on any atom is 0.251 e. The number of nitrogens with one attached hydrogen (secondary N) is 1. The van der Waals surface area contributed by atoms with Crippen LogP contribution in [0.5, 0.6) is 0 Å². The molecule has 0 saturated carbocycles. The van der Waals surface area contributed by atoms with Crippen LogP contribution in [0, 0.1) is 0 Å². The van der Waals surface area contributed by atoms with Crippen molar-refractivity contribution in [1.29, 1.82) is 0 Å². The molecule has 92 valence electrons. The van der Waals surface area contributed by atoms with Crippen LogP contribution in [0.3, 0.4) is 0 Å². The Labute approximate surface area is 108 Å². The van der Waals surface area contributed by atoms with Crippen LogP contribution in [0.2, 0.25) is 0 Å². The fraction of sp³-hybridized carbons (Fsp3) is 0.357. The molecule has 1 rings (SSSR count). The van der Waals surface area contributed by atoms with Gasteiger partial charge in [0.05, 0.1) is 0 Å². The number of hydrogen-bond acceptors (Lipinski definition) is 1. The van der Waals surface area contributed by atoms with Gasteiger partial charge in [-0.3, -0.25) is 4.79 Å². The van der Waals surface area contributed by atoms with Gasteiger partial charge >= 0.3 is 0 Å². The molecule has 0 aliphatic carbocycles.